The highest BCUT2D eigenvalue weighted by Gasteiger charge is 2.15. The number of rotatable bonds is 6. The van der Waals surface area contributed by atoms with E-state index in [1.54, 1.807) is 25.1 Å². The Kier molecular flexibility index (Phi) is 4.92. The average Bonchev–Trinajstić information content (AvgIpc) is 2.28. The summed E-state index contributed by atoms with van der Waals surface area (Å²) in [5.41, 5.74) is 0. The van der Waals surface area contributed by atoms with Crippen LogP contribution in [0.2, 0.25) is 0 Å². The summed E-state index contributed by atoms with van der Waals surface area (Å²) in [7, 11) is -3.65. The third-order valence-corrected chi connectivity index (χ3v) is 3.24. The molecule has 0 radical (unpaired) electrons. The SMILES string of the molecule is CCOC(C)COS(=O)(=O)c1ccccc1. The molecule has 0 aliphatic heterocycles. The van der Waals surface area contributed by atoms with E-state index in [0.29, 0.717) is 6.61 Å². The van der Waals surface area contributed by atoms with Crippen LogP contribution in [0.3, 0.4) is 0 Å². The molecule has 1 aromatic carbocycles. The molecule has 90 valence electrons. The molecule has 0 heterocycles. The zero-order valence-corrected chi connectivity index (χ0v) is 10.2. The third kappa shape index (κ3) is 3.92. The van der Waals surface area contributed by atoms with Gasteiger partial charge in [-0.3, -0.25) is 4.18 Å². The van der Waals surface area contributed by atoms with E-state index < -0.39 is 10.1 Å². The van der Waals surface area contributed by atoms with Crippen LogP contribution in [0.15, 0.2) is 35.2 Å². The van der Waals surface area contributed by atoms with Gasteiger partial charge in [-0.2, -0.15) is 8.42 Å². The summed E-state index contributed by atoms with van der Waals surface area (Å²) in [4.78, 5) is 0.165. The van der Waals surface area contributed by atoms with E-state index in [1.165, 1.54) is 12.1 Å². The summed E-state index contributed by atoms with van der Waals surface area (Å²) >= 11 is 0. The van der Waals surface area contributed by atoms with Crippen molar-refractivity contribution in [3.63, 3.8) is 0 Å². The lowest BCUT2D eigenvalue weighted by atomic mass is 10.4. The van der Waals surface area contributed by atoms with Crippen molar-refractivity contribution in [1.82, 2.24) is 0 Å². The van der Waals surface area contributed by atoms with Crippen LogP contribution in [0.5, 0.6) is 0 Å². The topological polar surface area (TPSA) is 52.6 Å². The van der Waals surface area contributed by atoms with Crippen LogP contribution in [0, 0.1) is 0 Å². The average molecular weight is 244 g/mol. The van der Waals surface area contributed by atoms with Crippen LogP contribution in [0.4, 0.5) is 0 Å². The number of hydrogen-bond acceptors (Lipinski definition) is 4. The minimum atomic E-state index is -3.65. The van der Waals surface area contributed by atoms with Gasteiger partial charge in [-0.1, -0.05) is 18.2 Å². The van der Waals surface area contributed by atoms with Gasteiger partial charge in [0.05, 0.1) is 17.6 Å². The lowest BCUT2D eigenvalue weighted by Crippen LogP contribution is -2.19. The Morgan fingerprint density at radius 1 is 1.25 bits per heavy atom. The monoisotopic (exact) mass is 244 g/mol. The van der Waals surface area contributed by atoms with E-state index in [9.17, 15) is 8.42 Å². The lowest BCUT2D eigenvalue weighted by Gasteiger charge is -2.11. The van der Waals surface area contributed by atoms with E-state index >= 15 is 0 Å². The van der Waals surface area contributed by atoms with Crippen molar-refractivity contribution in [2.75, 3.05) is 13.2 Å². The van der Waals surface area contributed by atoms with Crippen molar-refractivity contribution in [3.05, 3.63) is 30.3 Å². The Balaban J connectivity index is 2.60. The van der Waals surface area contributed by atoms with Crippen molar-refractivity contribution >= 4 is 10.1 Å². The molecule has 0 aromatic heterocycles. The molecule has 1 unspecified atom stereocenters. The van der Waals surface area contributed by atoms with Crippen LogP contribution < -0.4 is 0 Å². The number of ether oxygens (including phenoxy) is 1. The zero-order chi connectivity index (χ0) is 12.0. The van der Waals surface area contributed by atoms with Crippen LogP contribution in [0.1, 0.15) is 13.8 Å². The second-order valence-electron chi connectivity index (χ2n) is 3.32. The first kappa shape index (κ1) is 13.2. The van der Waals surface area contributed by atoms with Gasteiger partial charge in [0, 0.05) is 6.61 Å². The number of benzene rings is 1. The fourth-order valence-electron chi connectivity index (χ4n) is 1.17. The molecule has 0 fully saturated rings. The van der Waals surface area contributed by atoms with Gasteiger partial charge in [0.2, 0.25) is 0 Å². The molecular weight excluding hydrogens is 228 g/mol. The highest BCUT2D eigenvalue weighted by Crippen LogP contribution is 2.11. The summed E-state index contributed by atoms with van der Waals surface area (Å²) in [6.07, 6.45) is -0.233. The van der Waals surface area contributed by atoms with Crippen molar-refractivity contribution < 1.29 is 17.3 Å². The highest BCUT2D eigenvalue weighted by atomic mass is 32.2. The predicted molar refractivity (Wildman–Crippen MR) is 60.7 cm³/mol. The summed E-state index contributed by atoms with van der Waals surface area (Å²) in [6.45, 7) is 4.19. The minimum Gasteiger partial charge on any atom is -0.376 e. The standard InChI is InChI=1S/C11H16O4S/c1-3-14-10(2)9-15-16(12,13)11-7-5-4-6-8-11/h4-8,10H,3,9H2,1-2H3. The van der Waals surface area contributed by atoms with Gasteiger partial charge in [0.1, 0.15) is 0 Å². The highest BCUT2D eigenvalue weighted by molar-refractivity contribution is 7.86. The fourth-order valence-corrected chi connectivity index (χ4v) is 2.17. The maximum atomic E-state index is 11.7. The summed E-state index contributed by atoms with van der Waals surface area (Å²) in [5.74, 6) is 0. The summed E-state index contributed by atoms with van der Waals surface area (Å²) in [6, 6.07) is 8.06. The molecule has 4 nitrogen and oxygen atoms in total. The van der Waals surface area contributed by atoms with E-state index in [1.807, 2.05) is 6.92 Å². The molecule has 0 amide bonds. The molecular formula is C11H16O4S. The maximum Gasteiger partial charge on any atom is 0.297 e. The zero-order valence-electron chi connectivity index (χ0n) is 9.42. The Morgan fingerprint density at radius 3 is 2.44 bits per heavy atom. The molecule has 0 bridgehead atoms. The van der Waals surface area contributed by atoms with E-state index in [0.717, 1.165) is 0 Å². The van der Waals surface area contributed by atoms with Crippen LogP contribution in [-0.2, 0) is 19.0 Å². The Bertz CT molecular complexity index is 399. The Hall–Kier alpha value is -0.910. The molecule has 16 heavy (non-hydrogen) atoms. The summed E-state index contributed by atoms with van der Waals surface area (Å²) < 4.78 is 33.4. The second-order valence-corrected chi connectivity index (χ2v) is 4.93. The van der Waals surface area contributed by atoms with Crippen molar-refractivity contribution in [2.45, 2.75) is 24.8 Å². The smallest absolute Gasteiger partial charge is 0.297 e. The van der Waals surface area contributed by atoms with Crippen LogP contribution in [-0.4, -0.2) is 27.7 Å². The first-order valence-electron chi connectivity index (χ1n) is 5.12. The van der Waals surface area contributed by atoms with E-state index in [4.69, 9.17) is 8.92 Å². The van der Waals surface area contributed by atoms with Gasteiger partial charge in [-0.25, -0.2) is 0 Å². The molecule has 5 heteroatoms. The lowest BCUT2D eigenvalue weighted by molar-refractivity contribution is 0.0420. The largest absolute Gasteiger partial charge is 0.376 e. The third-order valence-electron chi connectivity index (χ3n) is 1.94. The molecule has 0 saturated heterocycles. The van der Waals surface area contributed by atoms with Crippen molar-refractivity contribution in [3.8, 4) is 0 Å². The summed E-state index contributed by atoms with van der Waals surface area (Å²) in [5, 5.41) is 0. The molecule has 0 aliphatic rings. The first-order valence-corrected chi connectivity index (χ1v) is 6.53. The predicted octanol–water partition coefficient (Wildman–Crippen LogP) is 1.82. The molecule has 1 aromatic rings. The van der Waals surface area contributed by atoms with Crippen LogP contribution >= 0.6 is 0 Å². The molecule has 1 rings (SSSR count). The Morgan fingerprint density at radius 2 is 1.88 bits per heavy atom. The van der Waals surface area contributed by atoms with Gasteiger partial charge in [0.25, 0.3) is 10.1 Å². The quantitative estimate of drug-likeness (QED) is 0.716. The van der Waals surface area contributed by atoms with E-state index in [-0.39, 0.29) is 17.6 Å². The van der Waals surface area contributed by atoms with Gasteiger partial charge in [-0.15, -0.1) is 0 Å². The van der Waals surface area contributed by atoms with Gasteiger partial charge >= 0.3 is 0 Å². The Labute approximate surface area is 96.3 Å². The minimum absolute atomic E-state index is 0.0328. The van der Waals surface area contributed by atoms with Crippen molar-refractivity contribution in [2.24, 2.45) is 0 Å². The van der Waals surface area contributed by atoms with Crippen molar-refractivity contribution in [1.29, 1.82) is 0 Å². The fraction of sp³-hybridized carbons (Fsp3) is 0.455. The second kappa shape index (κ2) is 5.98. The van der Waals surface area contributed by atoms with Gasteiger partial charge in [-0.05, 0) is 26.0 Å². The molecule has 0 spiro atoms. The van der Waals surface area contributed by atoms with E-state index in [2.05, 4.69) is 0 Å². The van der Waals surface area contributed by atoms with Gasteiger partial charge in [0.15, 0.2) is 0 Å². The van der Waals surface area contributed by atoms with Gasteiger partial charge < -0.3 is 4.74 Å². The molecule has 0 saturated carbocycles. The molecule has 0 N–H and O–H groups in total. The molecule has 1 atom stereocenters. The molecule has 0 aliphatic carbocycles. The van der Waals surface area contributed by atoms with Crippen LogP contribution in [0.25, 0.3) is 0 Å². The number of hydrogen-bond donors (Lipinski definition) is 0. The first-order chi connectivity index (χ1) is 7.56. The maximum absolute atomic E-state index is 11.7. The normalized spacial score (nSPS) is 13.6.